The predicted molar refractivity (Wildman–Crippen MR) is 514 cm³/mol. The first-order valence-electron chi connectivity index (χ1n) is 41.8. The van der Waals surface area contributed by atoms with E-state index in [0.717, 1.165) is 0 Å². The van der Waals surface area contributed by atoms with Gasteiger partial charge in [0.2, 0.25) is 0 Å². The van der Waals surface area contributed by atoms with E-state index in [1.807, 2.05) is 0 Å². The van der Waals surface area contributed by atoms with E-state index in [0.29, 0.717) is 0 Å². The van der Waals surface area contributed by atoms with Crippen LogP contribution in [-0.2, 0) is 0 Å². The molecule has 0 unspecified atom stereocenters. The SMILES string of the molecule is Cc1cc2c(-c3ccc(-c4ccc(-c5ccccc5)cc4)cc3)c3ccccc3c(-c3ccc(-c4ccc(-c5ccc6c(c5)c5ccccc5n6-c5ccccc5)cc4)cc3)c2cc1C.Cc1cc2c(-c3ccccc3)c3cc(C)c(C)cc3c(-c3ccc(-c4ccc(-c5ccc6c(c5)c5ccccc5n6-c5ccccc5)cc4)cc3)c2cc1C. The largest absolute Gasteiger partial charge is 0.309 e. The van der Waals surface area contributed by atoms with Crippen molar-refractivity contribution in [3.8, 4) is 123 Å². The molecule has 20 aromatic carbocycles. The molecule has 22 rings (SSSR count). The second kappa shape index (κ2) is 30.3. The van der Waals surface area contributed by atoms with Crippen molar-refractivity contribution in [3.05, 3.63) is 446 Å². The van der Waals surface area contributed by atoms with E-state index in [2.05, 4.69) is 463 Å². The lowest BCUT2D eigenvalue weighted by Gasteiger charge is -2.20. The van der Waals surface area contributed by atoms with Gasteiger partial charge in [-0.3, -0.25) is 0 Å². The monoisotopic (exact) mass is 1530 g/mol. The van der Waals surface area contributed by atoms with Gasteiger partial charge in [0.15, 0.2) is 0 Å². The first kappa shape index (κ1) is 72.7. The van der Waals surface area contributed by atoms with Gasteiger partial charge in [0.05, 0.1) is 22.1 Å². The molecule has 0 N–H and O–H groups in total. The number of rotatable bonds is 12. The summed E-state index contributed by atoms with van der Waals surface area (Å²) in [5.74, 6) is 0. The average Bonchev–Trinajstić information content (AvgIpc) is 1.42. The summed E-state index contributed by atoms with van der Waals surface area (Å²) in [6.07, 6.45) is 0. The summed E-state index contributed by atoms with van der Waals surface area (Å²) in [7, 11) is 0. The van der Waals surface area contributed by atoms with Crippen molar-refractivity contribution in [2.45, 2.75) is 41.5 Å². The van der Waals surface area contributed by atoms with Crippen molar-refractivity contribution in [3.63, 3.8) is 0 Å². The molecule has 0 aliphatic carbocycles. The molecule has 2 heteroatoms. The molecular formula is C118H86N2. The van der Waals surface area contributed by atoms with Crippen LogP contribution in [0, 0.1) is 41.5 Å². The minimum Gasteiger partial charge on any atom is -0.309 e. The Morgan fingerprint density at radius 2 is 0.308 bits per heavy atom. The number of hydrogen-bond donors (Lipinski definition) is 0. The van der Waals surface area contributed by atoms with Gasteiger partial charge in [-0.2, -0.15) is 0 Å². The van der Waals surface area contributed by atoms with Crippen molar-refractivity contribution in [1.29, 1.82) is 0 Å². The molecule has 2 heterocycles. The first-order chi connectivity index (χ1) is 59.0. The van der Waals surface area contributed by atoms with E-state index >= 15 is 0 Å². The molecule has 2 nitrogen and oxygen atoms in total. The van der Waals surface area contributed by atoms with Crippen LogP contribution in [0.4, 0.5) is 0 Å². The molecule has 0 aliphatic rings. The maximum Gasteiger partial charge on any atom is 0.0541 e. The van der Waals surface area contributed by atoms with Gasteiger partial charge in [-0.1, -0.05) is 352 Å². The van der Waals surface area contributed by atoms with Crippen LogP contribution in [-0.4, -0.2) is 9.13 Å². The highest BCUT2D eigenvalue weighted by Gasteiger charge is 2.23. The Morgan fingerprint density at radius 1 is 0.125 bits per heavy atom. The smallest absolute Gasteiger partial charge is 0.0541 e. The Bertz CT molecular complexity index is 7640. The highest BCUT2D eigenvalue weighted by Crippen LogP contribution is 2.49. The summed E-state index contributed by atoms with van der Waals surface area (Å²) >= 11 is 0. The highest BCUT2D eigenvalue weighted by atomic mass is 15.0. The van der Waals surface area contributed by atoms with Crippen molar-refractivity contribution >= 4 is 86.7 Å². The van der Waals surface area contributed by atoms with Crippen LogP contribution < -0.4 is 0 Å². The zero-order valence-electron chi connectivity index (χ0n) is 68.2. The van der Waals surface area contributed by atoms with E-state index < -0.39 is 0 Å². The average molecular weight is 1530 g/mol. The molecule has 0 atom stereocenters. The lowest BCUT2D eigenvalue weighted by Crippen LogP contribution is -1.95. The van der Waals surface area contributed by atoms with E-state index in [4.69, 9.17) is 0 Å². The van der Waals surface area contributed by atoms with Crippen LogP contribution >= 0.6 is 0 Å². The molecule has 0 aliphatic heterocycles. The fourth-order valence-corrected chi connectivity index (χ4v) is 18.7. The van der Waals surface area contributed by atoms with Crippen LogP contribution in [0.2, 0.25) is 0 Å². The number of aryl methyl sites for hydroxylation is 6. The van der Waals surface area contributed by atoms with Gasteiger partial charge < -0.3 is 9.13 Å². The number of nitrogens with zero attached hydrogens (tertiary/aromatic N) is 2. The number of aromatic nitrogens is 2. The highest BCUT2D eigenvalue weighted by molar-refractivity contribution is 6.24. The third-order valence-corrected chi connectivity index (χ3v) is 25.4. The third-order valence-electron chi connectivity index (χ3n) is 25.4. The fraction of sp³-hybridized carbons (Fsp3) is 0.0508. The number of para-hydroxylation sites is 4. The third kappa shape index (κ3) is 12.9. The van der Waals surface area contributed by atoms with Crippen LogP contribution in [0.1, 0.15) is 33.4 Å². The van der Waals surface area contributed by atoms with Crippen LogP contribution in [0.3, 0.4) is 0 Å². The van der Waals surface area contributed by atoms with Gasteiger partial charge in [-0.15, -0.1) is 0 Å². The van der Waals surface area contributed by atoms with Crippen molar-refractivity contribution in [1.82, 2.24) is 9.13 Å². The summed E-state index contributed by atoms with van der Waals surface area (Å²) in [5.41, 5.74) is 39.8. The molecule has 0 fully saturated rings. The zero-order valence-corrected chi connectivity index (χ0v) is 68.2. The Morgan fingerprint density at radius 3 is 0.592 bits per heavy atom. The van der Waals surface area contributed by atoms with Gasteiger partial charge in [-0.25, -0.2) is 0 Å². The zero-order chi connectivity index (χ0) is 80.6. The van der Waals surface area contributed by atoms with Crippen molar-refractivity contribution in [2.24, 2.45) is 0 Å². The predicted octanol–water partition coefficient (Wildman–Crippen LogP) is 32.7. The van der Waals surface area contributed by atoms with Gasteiger partial charge in [0, 0.05) is 32.9 Å². The second-order valence-corrected chi connectivity index (χ2v) is 32.5. The summed E-state index contributed by atoms with van der Waals surface area (Å²) in [5, 5.41) is 15.4. The minimum absolute atomic E-state index is 1.17. The molecule has 0 amide bonds. The van der Waals surface area contributed by atoms with Gasteiger partial charge >= 0.3 is 0 Å². The van der Waals surface area contributed by atoms with Gasteiger partial charge in [0.25, 0.3) is 0 Å². The quantitative estimate of drug-likeness (QED) is 0.108. The Labute approximate surface area is 701 Å². The second-order valence-electron chi connectivity index (χ2n) is 32.5. The van der Waals surface area contributed by atoms with E-state index in [9.17, 15) is 0 Å². The van der Waals surface area contributed by atoms with Crippen LogP contribution in [0.15, 0.2) is 413 Å². The van der Waals surface area contributed by atoms with Crippen molar-refractivity contribution in [2.75, 3.05) is 0 Å². The normalized spacial score (nSPS) is 11.6. The van der Waals surface area contributed by atoms with Gasteiger partial charge in [-0.05, 0) is 290 Å². The van der Waals surface area contributed by atoms with Crippen LogP contribution in [0.5, 0.6) is 0 Å². The van der Waals surface area contributed by atoms with E-state index in [1.165, 1.54) is 243 Å². The van der Waals surface area contributed by atoms with Crippen molar-refractivity contribution < 1.29 is 0 Å². The molecule has 120 heavy (non-hydrogen) atoms. The summed E-state index contributed by atoms with van der Waals surface area (Å²) in [6, 6.07) is 152. The lowest BCUT2D eigenvalue weighted by atomic mass is 9.83. The number of benzene rings is 20. The number of fused-ring (bicyclic) bond motifs is 10. The Balaban J connectivity index is 0.000000151. The Kier molecular flexibility index (Phi) is 18.3. The molecule has 0 spiro atoms. The topological polar surface area (TPSA) is 9.86 Å². The van der Waals surface area contributed by atoms with Crippen LogP contribution in [0.25, 0.3) is 209 Å². The molecule has 0 saturated heterocycles. The Hall–Kier alpha value is -15.0. The summed E-state index contributed by atoms with van der Waals surface area (Å²) in [4.78, 5) is 0. The first-order valence-corrected chi connectivity index (χ1v) is 41.8. The maximum absolute atomic E-state index is 2.41. The number of hydrogen-bond acceptors (Lipinski definition) is 0. The maximum atomic E-state index is 2.41. The molecule has 0 bridgehead atoms. The minimum atomic E-state index is 1.17. The summed E-state index contributed by atoms with van der Waals surface area (Å²) < 4.78 is 4.74. The van der Waals surface area contributed by atoms with E-state index in [-0.39, 0.29) is 0 Å². The van der Waals surface area contributed by atoms with Gasteiger partial charge in [0.1, 0.15) is 0 Å². The molecule has 2 aromatic heterocycles. The summed E-state index contributed by atoms with van der Waals surface area (Å²) in [6.45, 7) is 13.4. The van der Waals surface area contributed by atoms with E-state index in [1.54, 1.807) is 0 Å². The lowest BCUT2D eigenvalue weighted by molar-refractivity contribution is 1.18. The molecule has 0 saturated carbocycles. The molecule has 568 valence electrons. The molecule has 22 aromatic rings. The molecule has 0 radical (unpaired) electrons. The molecular weight excluding hydrogens is 1450 g/mol. The fourth-order valence-electron chi connectivity index (χ4n) is 18.7. The standard InChI is InChI=1S/C64H45N.C54H41N/c1-42-39-59-60(40-43(42)2)64(57-19-10-9-18-56(57)63(59)51-33-29-48(30-34-51)46-23-21-45(22-24-46)44-13-5-3-6-14-44)52-35-31-49(32-36-52)47-25-27-50(28-26-47)53-37-38-62-58(41-53)55-17-11-12-20-61(55)65(62)54-15-7-4-8-16-54;1-34-29-47-49(31-36(34)3)54(50-32-37(4)35(2)30-48(50)53(47)41-13-7-5-8-14-41)42-25-23-39(24-26-42)38-19-21-40(22-20-38)43-27-28-52-46(33-43)45-17-11-12-18-51(45)55(52)44-15-9-6-10-16-44/h3-41H,1-2H3;5-33H,1-4H3.